The summed E-state index contributed by atoms with van der Waals surface area (Å²) in [5.41, 5.74) is 4.66. The van der Waals surface area contributed by atoms with Crippen LogP contribution in [0.25, 0.3) is 0 Å². The van der Waals surface area contributed by atoms with Gasteiger partial charge >= 0.3 is 0 Å². The van der Waals surface area contributed by atoms with Crippen molar-refractivity contribution in [3.8, 4) is 0 Å². The number of anilines is 2. The second kappa shape index (κ2) is 7.18. The molecule has 3 rings (SSSR count). The van der Waals surface area contributed by atoms with Gasteiger partial charge in [0, 0.05) is 52.5 Å². The fourth-order valence-corrected chi connectivity index (χ4v) is 3.40. The van der Waals surface area contributed by atoms with Gasteiger partial charge in [-0.2, -0.15) is 0 Å². The number of hydrogen-bond donors (Lipinski definition) is 0. The molecule has 0 spiro atoms. The highest BCUT2D eigenvalue weighted by molar-refractivity contribution is 5.79. The van der Waals surface area contributed by atoms with Crippen LogP contribution in [-0.4, -0.2) is 45.5 Å². The Kier molecular flexibility index (Phi) is 4.98. The van der Waals surface area contributed by atoms with Gasteiger partial charge in [0.2, 0.25) is 5.91 Å². The summed E-state index contributed by atoms with van der Waals surface area (Å²) < 4.78 is 0. The number of hydrogen-bond acceptors (Lipinski definition) is 3. The molecule has 0 bridgehead atoms. The van der Waals surface area contributed by atoms with Gasteiger partial charge in [-0.1, -0.05) is 24.3 Å². The van der Waals surface area contributed by atoms with Crippen LogP contribution in [0.3, 0.4) is 0 Å². The van der Waals surface area contributed by atoms with Gasteiger partial charge in [-0.25, -0.2) is 0 Å². The SMILES string of the molecule is CN(C)c1ccc(C(c2ccc(N(C)C)cc2)N2CCCC2=O)cc1. The smallest absolute Gasteiger partial charge is 0.223 e. The van der Waals surface area contributed by atoms with E-state index >= 15 is 0 Å². The van der Waals surface area contributed by atoms with E-state index in [-0.39, 0.29) is 11.9 Å². The highest BCUT2D eigenvalue weighted by atomic mass is 16.2. The van der Waals surface area contributed by atoms with E-state index < -0.39 is 0 Å². The van der Waals surface area contributed by atoms with Crippen molar-refractivity contribution in [1.82, 2.24) is 4.90 Å². The van der Waals surface area contributed by atoms with Crippen LogP contribution in [0, 0.1) is 0 Å². The van der Waals surface area contributed by atoms with Crippen LogP contribution in [0.1, 0.15) is 30.0 Å². The first-order valence-corrected chi connectivity index (χ1v) is 8.81. The number of benzene rings is 2. The van der Waals surface area contributed by atoms with Crippen LogP contribution in [0.4, 0.5) is 11.4 Å². The molecular weight excluding hydrogens is 310 g/mol. The molecule has 2 aromatic carbocycles. The summed E-state index contributed by atoms with van der Waals surface area (Å²) in [5, 5.41) is 0. The molecule has 25 heavy (non-hydrogen) atoms. The van der Waals surface area contributed by atoms with Crippen LogP contribution < -0.4 is 9.80 Å². The minimum Gasteiger partial charge on any atom is -0.378 e. The van der Waals surface area contributed by atoms with Gasteiger partial charge in [0.05, 0.1) is 6.04 Å². The molecule has 1 aliphatic heterocycles. The highest BCUT2D eigenvalue weighted by Crippen LogP contribution is 2.33. The van der Waals surface area contributed by atoms with Crippen LogP contribution in [-0.2, 0) is 4.79 Å². The summed E-state index contributed by atoms with van der Waals surface area (Å²) in [5.74, 6) is 0.248. The lowest BCUT2D eigenvalue weighted by molar-refractivity contribution is -0.129. The molecule has 4 nitrogen and oxygen atoms in total. The van der Waals surface area contributed by atoms with Gasteiger partial charge in [-0.3, -0.25) is 4.79 Å². The van der Waals surface area contributed by atoms with E-state index in [0.717, 1.165) is 13.0 Å². The molecule has 132 valence electrons. The van der Waals surface area contributed by atoms with Gasteiger partial charge in [0.25, 0.3) is 0 Å². The number of rotatable bonds is 5. The maximum absolute atomic E-state index is 12.4. The summed E-state index contributed by atoms with van der Waals surface area (Å²) in [4.78, 5) is 18.6. The predicted octanol–water partition coefficient (Wildman–Crippen LogP) is 3.53. The van der Waals surface area contributed by atoms with Crippen molar-refractivity contribution < 1.29 is 4.79 Å². The summed E-state index contributed by atoms with van der Waals surface area (Å²) >= 11 is 0. The van der Waals surface area contributed by atoms with E-state index in [4.69, 9.17) is 0 Å². The maximum Gasteiger partial charge on any atom is 0.223 e. The fourth-order valence-electron chi connectivity index (χ4n) is 3.40. The van der Waals surface area contributed by atoms with E-state index in [9.17, 15) is 4.79 Å². The Balaban J connectivity index is 1.99. The van der Waals surface area contributed by atoms with Gasteiger partial charge in [-0.15, -0.1) is 0 Å². The zero-order valence-electron chi connectivity index (χ0n) is 15.6. The Morgan fingerprint density at radius 2 is 1.24 bits per heavy atom. The van der Waals surface area contributed by atoms with Crippen LogP contribution in [0.15, 0.2) is 48.5 Å². The van der Waals surface area contributed by atoms with Crippen LogP contribution >= 0.6 is 0 Å². The van der Waals surface area contributed by atoms with E-state index in [1.54, 1.807) is 0 Å². The minimum atomic E-state index is -0.0116. The lowest BCUT2D eigenvalue weighted by Crippen LogP contribution is -2.30. The van der Waals surface area contributed by atoms with E-state index in [1.807, 2.05) is 33.1 Å². The summed E-state index contributed by atoms with van der Waals surface area (Å²) in [6.07, 6.45) is 1.60. The molecule has 1 aliphatic rings. The standard InChI is InChI=1S/C21H27N3O/c1-22(2)18-11-7-16(8-12-18)21(24-15-5-6-20(24)25)17-9-13-19(14-10-17)23(3)4/h7-14,21H,5-6,15H2,1-4H3. The Bertz CT molecular complexity index is 668. The van der Waals surface area contributed by atoms with Crippen molar-refractivity contribution in [2.75, 3.05) is 44.5 Å². The zero-order chi connectivity index (χ0) is 18.0. The van der Waals surface area contributed by atoms with Crippen molar-refractivity contribution in [2.45, 2.75) is 18.9 Å². The Hall–Kier alpha value is -2.49. The fraction of sp³-hybridized carbons (Fsp3) is 0.381. The molecule has 0 atom stereocenters. The molecular formula is C21H27N3O. The first-order valence-electron chi connectivity index (χ1n) is 8.81. The van der Waals surface area contributed by atoms with Crippen molar-refractivity contribution in [3.63, 3.8) is 0 Å². The molecule has 0 saturated carbocycles. The Labute approximate surface area is 150 Å². The van der Waals surface area contributed by atoms with Gasteiger partial charge in [-0.05, 0) is 41.8 Å². The summed E-state index contributed by atoms with van der Waals surface area (Å²) in [6.45, 7) is 0.828. The Morgan fingerprint density at radius 3 is 1.56 bits per heavy atom. The van der Waals surface area contributed by atoms with E-state index in [0.29, 0.717) is 6.42 Å². The molecule has 2 aromatic rings. The maximum atomic E-state index is 12.4. The topological polar surface area (TPSA) is 26.8 Å². The van der Waals surface area contributed by atoms with Gasteiger partial charge < -0.3 is 14.7 Å². The quantitative estimate of drug-likeness (QED) is 0.835. The first-order chi connectivity index (χ1) is 12.0. The second-order valence-electron chi connectivity index (χ2n) is 7.07. The van der Waals surface area contributed by atoms with Gasteiger partial charge in [0.15, 0.2) is 0 Å². The largest absolute Gasteiger partial charge is 0.378 e. The van der Waals surface area contributed by atoms with E-state index in [2.05, 4.69) is 58.3 Å². The molecule has 0 aliphatic carbocycles. The summed E-state index contributed by atoms with van der Waals surface area (Å²) in [6, 6.07) is 17.1. The first kappa shape index (κ1) is 17.3. The number of likely N-dealkylation sites (tertiary alicyclic amines) is 1. The third-order valence-corrected chi connectivity index (χ3v) is 4.87. The van der Waals surface area contributed by atoms with Crippen molar-refractivity contribution in [3.05, 3.63) is 59.7 Å². The van der Waals surface area contributed by atoms with Gasteiger partial charge in [0.1, 0.15) is 0 Å². The Morgan fingerprint density at radius 1 is 0.800 bits per heavy atom. The van der Waals surface area contributed by atoms with Crippen molar-refractivity contribution in [2.24, 2.45) is 0 Å². The van der Waals surface area contributed by atoms with Crippen LogP contribution in [0.2, 0.25) is 0 Å². The lowest BCUT2D eigenvalue weighted by atomic mass is 9.96. The zero-order valence-corrected chi connectivity index (χ0v) is 15.6. The molecule has 0 radical (unpaired) electrons. The van der Waals surface area contributed by atoms with E-state index in [1.165, 1.54) is 22.5 Å². The van der Waals surface area contributed by atoms with Crippen molar-refractivity contribution in [1.29, 1.82) is 0 Å². The summed E-state index contributed by atoms with van der Waals surface area (Å²) in [7, 11) is 8.15. The lowest BCUT2D eigenvalue weighted by Gasteiger charge is -2.29. The molecule has 4 heteroatoms. The van der Waals surface area contributed by atoms with Crippen molar-refractivity contribution >= 4 is 17.3 Å². The molecule has 1 saturated heterocycles. The third-order valence-electron chi connectivity index (χ3n) is 4.87. The number of carbonyl (C=O) groups is 1. The second-order valence-corrected chi connectivity index (χ2v) is 7.07. The molecule has 0 unspecified atom stereocenters. The molecule has 1 heterocycles. The monoisotopic (exact) mass is 337 g/mol. The molecule has 1 amide bonds. The minimum absolute atomic E-state index is 0.0116. The average molecular weight is 337 g/mol. The molecule has 1 fully saturated rings. The number of nitrogens with zero attached hydrogens (tertiary/aromatic N) is 3. The number of carbonyl (C=O) groups excluding carboxylic acids is 1. The predicted molar refractivity (Wildman–Crippen MR) is 104 cm³/mol. The molecule has 0 N–H and O–H groups in total. The highest BCUT2D eigenvalue weighted by Gasteiger charge is 2.30. The normalized spacial score (nSPS) is 14.3. The van der Waals surface area contributed by atoms with Crippen LogP contribution in [0.5, 0.6) is 0 Å². The number of amides is 1. The average Bonchev–Trinajstić information content (AvgIpc) is 3.02. The third kappa shape index (κ3) is 3.63. The molecule has 0 aromatic heterocycles.